The van der Waals surface area contributed by atoms with Crippen molar-refractivity contribution in [3.63, 3.8) is 0 Å². The van der Waals surface area contributed by atoms with Crippen LogP contribution in [0.15, 0.2) is 12.2 Å². The highest BCUT2D eigenvalue weighted by atomic mass is 32.2. The first-order chi connectivity index (χ1) is 12.2. The van der Waals surface area contributed by atoms with E-state index in [2.05, 4.69) is 21.3 Å². The van der Waals surface area contributed by atoms with Gasteiger partial charge in [0.25, 0.3) is 0 Å². The van der Waals surface area contributed by atoms with Crippen LogP contribution in [0, 0.1) is 5.92 Å². The molecule has 1 heterocycles. The van der Waals surface area contributed by atoms with E-state index in [0.29, 0.717) is 18.1 Å². The summed E-state index contributed by atoms with van der Waals surface area (Å²) in [5.41, 5.74) is 0. The second kappa shape index (κ2) is 10.7. The summed E-state index contributed by atoms with van der Waals surface area (Å²) in [5.74, 6) is -0.548. The number of carbonyl (C=O) groups is 4. The normalized spacial score (nSPS) is 24.3. The summed E-state index contributed by atoms with van der Waals surface area (Å²) in [7, 11) is 0. The molecule has 0 aliphatic carbocycles. The molecule has 26 heavy (non-hydrogen) atoms. The Labute approximate surface area is 156 Å². The van der Waals surface area contributed by atoms with Crippen molar-refractivity contribution in [2.75, 3.05) is 18.1 Å². The van der Waals surface area contributed by atoms with Crippen molar-refractivity contribution in [3.05, 3.63) is 12.2 Å². The molecule has 0 aromatic rings. The minimum absolute atomic E-state index is 0.225. The first kappa shape index (κ1) is 21.8. The van der Waals surface area contributed by atoms with E-state index in [1.807, 2.05) is 0 Å². The number of amides is 4. The predicted molar refractivity (Wildman–Crippen MR) is 98.8 cm³/mol. The molecule has 4 amide bonds. The van der Waals surface area contributed by atoms with Gasteiger partial charge in [-0.15, -0.1) is 0 Å². The average molecular weight is 386 g/mol. The molecule has 0 radical (unpaired) electrons. The lowest BCUT2D eigenvalue weighted by atomic mass is 10.0. The van der Waals surface area contributed by atoms with Crippen LogP contribution in [0.1, 0.15) is 20.8 Å². The minimum Gasteiger partial charge on any atom is -0.465 e. The molecule has 0 saturated heterocycles. The zero-order valence-electron chi connectivity index (χ0n) is 15.1. The maximum absolute atomic E-state index is 12.5. The first-order valence-electron chi connectivity index (χ1n) is 8.34. The third-order valence-corrected chi connectivity index (χ3v) is 4.66. The summed E-state index contributed by atoms with van der Waals surface area (Å²) in [5, 5.41) is 19.1. The fourth-order valence-corrected chi connectivity index (χ4v) is 3.11. The average Bonchev–Trinajstić information content (AvgIpc) is 2.54. The molecule has 1 aliphatic heterocycles. The standard InChI is InChI=1S/C16H26N4O5S/c1-9(2)13(20-16(24)25)15(23)19-11-8-26-7-6-17-12(21)5-4-10(3)18-14(11)22/h4-5,9-11,13,20H,6-8H2,1-3H3,(H,17,21)(H,18,22)(H,19,23)(H,24,25)/b5-4+/t10-,11-,13-/m0/s1. The lowest BCUT2D eigenvalue weighted by Gasteiger charge is -2.25. The minimum atomic E-state index is -1.30. The number of hydrogen-bond donors (Lipinski definition) is 5. The summed E-state index contributed by atoms with van der Waals surface area (Å²) in [4.78, 5) is 47.3. The topological polar surface area (TPSA) is 137 Å². The van der Waals surface area contributed by atoms with E-state index < -0.39 is 30.1 Å². The highest BCUT2D eigenvalue weighted by Gasteiger charge is 2.29. The van der Waals surface area contributed by atoms with E-state index in [0.717, 1.165) is 0 Å². The van der Waals surface area contributed by atoms with Crippen molar-refractivity contribution < 1.29 is 24.3 Å². The highest BCUT2D eigenvalue weighted by molar-refractivity contribution is 7.99. The second-order valence-corrected chi connectivity index (χ2v) is 7.40. The molecule has 146 valence electrons. The van der Waals surface area contributed by atoms with Gasteiger partial charge in [-0.1, -0.05) is 19.9 Å². The Hall–Kier alpha value is -2.23. The predicted octanol–water partition coefficient (Wildman–Crippen LogP) is -0.313. The van der Waals surface area contributed by atoms with Crippen LogP contribution in [0.3, 0.4) is 0 Å². The summed E-state index contributed by atoms with van der Waals surface area (Å²) in [6.45, 7) is 5.58. The molecule has 5 N–H and O–H groups in total. The second-order valence-electron chi connectivity index (χ2n) is 6.25. The van der Waals surface area contributed by atoms with Crippen molar-refractivity contribution in [2.45, 2.75) is 38.9 Å². The Bertz CT molecular complexity index is 567. The van der Waals surface area contributed by atoms with E-state index in [1.165, 1.54) is 17.8 Å². The van der Waals surface area contributed by atoms with Gasteiger partial charge in [-0.2, -0.15) is 11.8 Å². The molecule has 0 fully saturated rings. The van der Waals surface area contributed by atoms with Gasteiger partial charge < -0.3 is 26.4 Å². The Kier molecular flexibility index (Phi) is 8.97. The van der Waals surface area contributed by atoms with Crippen molar-refractivity contribution in [1.29, 1.82) is 0 Å². The van der Waals surface area contributed by atoms with Gasteiger partial charge in [0.05, 0.1) is 0 Å². The van der Waals surface area contributed by atoms with Crippen LogP contribution >= 0.6 is 11.8 Å². The molecule has 1 aliphatic rings. The molecule has 0 unspecified atom stereocenters. The molecule has 1 rings (SSSR count). The Balaban J connectivity index is 2.83. The third kappa shape index (κ3) is 7.77. The van der Waals surface area contributed by atoms with Crippen LogP contribution in [-0.2, 0) is 14.4 Å². The molecule has 10 heteroatoms. The number of nitrogens with one attached hydrogen (secondary N) is 4. The monoisotopic (exact) mass is 386 g/mol. The summed E-state index contributed by atoms with van der Waals surface area (Å²) in [6.07, 6.45) is 1.62. The number of carboxylic acid groups (broad SMARTS) is 1. The maximum atomic E-state index is 12.5. The van der Waals surface area contributed by atoms with Crippen LogP contribution in [0.2, 0.25) is 0 Å². The quantitative estimate of drug-likeness (QED) is 0.449. The molecule has 3 atom stereocenters. The van der Waals surface area contributed by atoms with E-state index in [1.54, 1.807) is 26.8 Å². The SMILES string of the molecule is CC(C)[C@H](NC(=O)O)C(=O)N[C@H]1CSCCNC(=O)/C=C/[C@H](C)NC1=O. The van der Waals surface area contributed by atoms with Crippen molar-refractivity contribution in [1.82, 2.24) is 21.3 Å². The van der Waals surface area contributed by atoms with Gasteiger partial charge in [0.1, 0.15) is 12.1 Å². The van der Waals surface area contributed by atoms with Gasteiger partial charge >= 0.3 is 6.09 Å². The van der Waals surface area contributed by atoms with Crippen LogP contribution < -0.4 is 21.3 Å². The highest BCUT2D eigenvalue weighted by Crippen LogP contribution is 2.07. The summed E-state index contributed by atoms with van der Waals surface area (Å²) < 4.78 is 0. The van der Waals surface area contributed by atoms with E-state index >= 15 is 0 Å². The molecule has 0 bridgehead atoms. The fraction of sp³-hybridized carbons (Fsp3) is 0.625. The Morgan fingerprint density at radius 1 is 1.35 bits per heavy atom. The van der Waals surface area contributed by atoms with Crippen LogP contribution in [0.5, 0.6) is 0 Å². The smallest absolute Gasteiger partial charge is 0.405 e. The zero-order chi connectivity index (χ0) is 19.7. The van der Waals surface area contributed by atoms with E-state index in [-0.39, 0.29) is 17.7 Å². The molecule has 0 aromatic carbocycles. The number of thioether (sulfide) groups is 1. The van der Waals surface area contributed by atoms with Gasteiger partial charge in [-0.25, -0.2) is 4.79 Å². The van der Waals surface area contributed by atoms with Gasteiger partial charge in [-0.05, 0) is 12.8 Å². The maximum Gasteiger partial charge on any atom is 0.405 e. The van der Waals surface area contributed by atoms with Crippen molar-refractivity contribution >= 4 is 35.6 Å². The lowest BCUT2D eigenvalue weighted by Crippen LogP contribution is -2.56. The van der Waals surface area contributed by atoms with Gasteiger partial charge in [-0.3, -0.25) is 14.4 Å². The van der Waals surface area contributed by atoms with Crippen LogP contribution in [0.4, 0.5) is 4.79 Å². The summed E-state index contributed by atoms with van der Waals surface area (Å²) in [6, 6.07) is -2.16. The fourth-order valence-electron chi connectivity index (χ4n) is 2.22. The van der Waals surface area contributed by atoms with Crippen molar-refractivity contribution in [2.24, 2.45) is 5.92 Å². The molecular formula is C16H26N4O5S. The Morgan fingerprint density at radius 2 is 2.04 bits per heavy atom. The van der Waals surface area contributed by atoms with Gasteiger partial charge in [0.15, 0.2) is 0 Å². The molecule has 0 saturated carbocycles. The number of carbonyl (C=O) groups excluding carboxylic acids is 3. The zero-order valence-corrected chi connectivity index (χ0v) is 15.9. The van der Waals surface area contributed by atoms with Gasteiger partial charge in [0, 0.05) is 30.2 Å². The van der Waals surface area contributed by atoms with E-state index in [4.69, 9.17) is 5.11 Å². The van der Waals surface area contributed by atoms with Crippen molar-refractivity contribution in [3.8, 4) is 0 Å². The molecule has 9 nitrogen and oxygen atoms in total. The summed E-state index contributed by atoms with van der Waals surface area (Å²) >= 11 is 1.41. The van der Waals surface area contributed by atoms with Gasteiger partial charge in [0.2, 0.25) is 17.7 Å². The van der Waals surface area contributed by atoms with Crippen LogP contribution in [-0.4, -0.2) is 65.1 Å². The molecule has 0 aromatic heterocycles. The number of hydrogen-bond acceptors (Lipinski definition) is 5. The lowest BCUT2D eigenvalue weighted by molar-refractivity contribution is -0.130. The molecule has 0 spiro atoms. The van der Waals surface area contributed by atoms with E-state index in [9.17, 15) is 19.2 Å². The van der Waals surface area contributed by atoms with Crippen LogP contribution in [0.25, 0.3) is 0 Å². The third-order valence-electron chi connectivity index (χ3n) is 3.60. The molecular weight excluding hydrogens is 360 g/mol. The number of rotatable bonds is 4. The Morgan fingerprint density at radius 3 is 2.65 bits per heavy atom. The first-order valence-corrected chi connectivity index (χ1v) is 9.50. The largest absolute Gasteiger partial charge is 0.465 e.